The minimum atomic E-state index is -3.84. The number of benzene rings is 2. The number of nitrogens with one attached hydrogen (secondary N) is 2. The van der Waals surface area contributed by atoms with Crippen LogP contribution in [0.15, 0.2) is 63.4 Å². The summed E-state index contributed by atoms with van der Waals surface area (Å²) in [5, 5.41) is 17.2. The maximum absolute atomic E-state index is 12.6. The molecule has 0 saturated carbocycles. The van der Waals surface area contributed by atoms with Crippen LogP contribution in [-0.2, 0) is 10.0 Å². The van der Waals surface area contributed by atoms with E-state index in [1.54, 1.807) is 12.1 Å². The SMILES string of the molecule is CC[C@@H](Nc1nc2c(nc1Nc1cccc(S(=O)(=O)N(C)C)c1O)=NCN=2)c1ccccc1. The third-order valence-corrected chi connectivity index (χ3v) is 7.08. The van der Waals surface area contributed by atoms with Crippen molar-refractivity contribution < 1.29 is 13.5 Å². The van der Waals surface area contributed by atoms with E-state index in [-0.39, 0.29) is 23.3 Å². The largest absolute Gasteiger partial charge is 0.504 e. The molecule has 0 saturated heterocycles. The number of rotatable bonds is 8. The van der Waals surface area contributed by atoms with Crippen molar-refractivity contribution in [3.8, 4) is 5.75 Å². The van der Waals surface area contributed by atoms with Crippen LogP contribution in [0, 0.1) is 0 Å². The summed E-state index contributed by atoms with van der Waals surface area (Å²) < 4.78 is 26.2. The van der Waals surface area contributed by atoms with Gasteiger partial charge in [-0.2, -0.15) is 0 Å². The summed E-state index contributed by atoms with van der Waals surface area (Å²) in [6, 6.07) is 14.4. The average molecular weight is 468 g/mol. The minimum Gasteiger partial charge on any atom is -0.504 e. The molecule has 0 bridgehead atoms. The molecule has 33 heavy (non-hydrogen) atoms. The fourth-order valence-corrected chi connectivity index (χ4v) is 4.41. The summed E-state index contributed by atoms with van der Waals surface area (Å²) in [5.74, 6) is 0.320. The normalized spacial score (nSPS) is 13.7. The van der Waals surface area contributed by atoms with Gasteiger partial charge in [0.05, 0.1) is 11.7 Å². The van der Waals surface area contributed by atoms with Gasteiger partial charge in [-0.05, 0) is 24.1 Å². The Morgan fingerprint density at radius 3 is 2.30 bits per heavy atom. The van der Waals surface area contributed by atoms with Gasteiger partial charge in [-0.15, -0.1) is 0 Å². The topological polar surface area (TPSA) is 132 Å². The number of phenolic OH excluding ortho intramolecular Hbond substituents is 1. The number of nitrogens with zero attached hydrogens (tertiary/aromatic N) is 5. The maximum atomic E-state index is 12.6. The Morgan fingerprint density at radius 1 is 1.00 bits per heavy atom. The van der Waals surface area contributed by atoms with Gasteiger partial charge < -0.3 is 15.7 Å². The van der Waals surface area contributed by atoms with Gasteiger partial charge in [0.1, 0.15) is 11.6 Å². The minimum absolute atomic E-state index is 0.0495. The molecule has 11 heteroatoms. The molecule has 4 rings (SSSR count). The van der Waals surface area contributed by atoms with E-state index in [4.69, 9.17) is 0 Å². The summed E-state index contributed by atoms with van der Waals surface area (Å²) in [6.45, 7) is 2.30. The maximum Gasteiger partial charge on any atom is 0.246 e. The van der Waals surface area contributed by atoms with Crippen molar-refractivity contribution in [2.24, 2.45) is 9.98 Å². The molecule has 3 N–H and O–H groups in total. The summed E-state index contributed by atoms with van der Waals surface area (Å²) in [4.78, 5) is 17.4. The molecule has 2 heterocycles. The van der Waals surface area contributed by atoms with E-state index in [2.05, 4.69) is 37.5 Å². The van der Waals surface area contributed by atoms with Crippen LogP contribution in [0.1, 0.15) is 24.9 Å². The molecule has 172 valence electrons. The van der Waals surface area contributed by atoms with E-state index in [9.17, 15) is 13.5 Å². The van der Waals surface area contributed by atoms with Gasteiger partial charge in [-0.1, -0.05) is 43.3 Å². The van der Waals surface area contributed by atoms with E-state index in [1.807, 2.05) is 30.3 Å². The molecule has 0 aliphatic carbocycles. The molecular formula is C22H25N7O3S. The van der Waals surface area contributed by atoms with Crippen LogP contribution in [0.4, 0.5) is 17.3 Å². The first-order chi connectivity index (χ1) is 15.8. The van der Waals surface area contributed by atoms with E-state index in [0.717, 1.165) is 16.3 Å². The second-order valence-electron chi connectivity index (χ2n) is 7.61. The predicted octanol–water partition coefficient (Wildman–Crippen LogP) is 1.95. The standard InChI is InChI=1S/C22H25N7O3S/c1-4-15(14-9-6-5-7-10-14)25-21-22(28-20-19(27-21)23-13-24-20)26-16-11-8-12-17(18(16)30)33(31,32)29(2)3/h5-12,15,30H,4,13H2,1-3H3,(H,23,25,27)(H,24,26,28)/t15-/m1/s1. The zero-order chi connectivity index (χ0) is 23.6. The van der Waals surface area contributed by atoms with E-state index in [1.165, 1.54) is 20.2 Å². The lowest BCUT2D eigenvalue weighted by molar-refractivity contribution is 0.454. The second-order valence-corrected chi connectivity index (χ2v) is 9.73. The van der Waals surface area contributed by atoms with E-state index in [0.29, 0.717) is 22.6 Å². The Kier molecular flexibility index (Phi) is 6.25. The molecule has 1 atom stereocenters. The molecular weight excluding hydrogens is 442 g/mol. The van der Waals surface area contributed by atoms with Crippen molar-refractivity contribution in [1.29, 1.82) is 0 Å². The molecule has 0 radical (unpaired) electrons. The van der Waals surface area contributed by atoms with Crippen LogP contribution in [0.3, 0.4) is 0 Å². The molecule has 0 spiro atoms. The van der Waals surface area contributed by atoms with Crippen molar-refractivity contribution in [1.82, 2.24) is 14.3 Å². The predicted molar refractivity (Wildman–Crippen MR) is 125 cm³/mol. The van der Waals surface area contributed by atoms with Crippen LogP contribution in [-0.4, -0.2) is 48.6 Å². The summed E-state index contributed by atoms with van der Waals surface area (Å²) in [5.41, 5.74) is 2.07. The summed E-state index contributed by atoms with van der Waals surface area (Å²) in [6.07, 6.45) is 0.783. The van der Waals surface area contributed by atoms with Gasteiger partial charge in [0, 0.05) is 14.1 Å². The number of aromatic nitrogens is 2. The second kappa shape index (κ2) is 9.12. The van der Waals surface area contributed by atoms with Crippen molar-refractivity contribution in [3.63, 3.8) is 0 Å². The Bertz CT molecular complexity index is 1390. The van der Waals surface area contributed by atoms with Crippen LogP contribution in [0.5, 0.6) is 5.75 Å². The first kappa shape index (κ1) is 22.6. The van der Waals surface area contributed by atoms with Gasteiger partial charge in [0.2, 0.25) is 10.0 Å². The molecule has 0 amide bonds. The molecule has 1 aromatic heterocycles. The number of phenols is 1. The smallest absolute Gasteiger partial charge is 0.246 e. The zero-order valence-corrected chi connectivity index (χ0v) is 19.3. The van der Waals surface area contributed by atoms with Gasteiger partial charge in [0.15, 0.2) is 28.4 Å². The van der Waals surface area contributed by atoms with Crippen molar-refractivity contribution in [3.05, 3.63) is 65.1 Å². The number of hydrogen-bond acceptors (Lipinski definition) is 9. The quantitative estimate of drug-likeness (QED) is 0.431. The number of fused-ring (bicyclic) bond motifs is 1. The number of para-hydroxylation sites is 1. The van der Waals surface area contributed by atoms with Crippen LogP contribution >= 0.6 is 0 Å². The van der Waals surface area contributed by atoms with Crippen molar-refractivity contribution in [2.45, 2.75) is 24.3 Å². The lowest BCUT2D eigenvalue weighted by Crippen LogP contribution is -2.31. The Hall–Kier alpha value is -3.57. The number of anilines is 3. The molecule has 1 aliphatic rings. The van der Waals surface area contributed by atoms with Crippen molar-refractivity contribution >= 4 is 27.3 Å². The Morgan fingerprint density at radius 2 is 1.67 bits per heavy atom. The monoisotopic (exact) mass is 467 g/mol. The van der Waals surface area contributed by atoms with Crippen LogP contribution in [0.25, 0.3) is 0 Å². The molecule has 2 aromatic carbocycles. The highest BCUT2D eigenvalue weighted by Crippen LogP contribution is 2.35. The highest BCUT2D eigenvalue weighted by Gasteiger charge is 2.24. The highest BCUT2D eigenvalue weighted by atomic mass is 32.2. The summed E-state index contributed by atoms with van der Waals surface area (Å²) >= 11 is 0. The third kappa shape index (κ3) is 4.50. The Balaban J connectivity index is 1.76. The highest BCUT2D eigenvalue weighted by molar-refractivity contribution is 7.89. The first-order valence-electron chi connectivity index (χ1n) is 10.4. The molecule has 10 nitrogen and oxygen atoms in total. The van der Waals surface area contributed by atoms with Crippen LogP contribution < -0.4 is 21.6 Å². The first-order valence-corrected chi connectivity index (χ1v) is 11.8. The van der Waals surface area contributed by atoms with Crippen molar-refractivity contribution in [2.75, 3.05) is 31.4 Å². The molecule has 1 aliphatic heterocycles. The molecule has 0 unspecified atom stereocenters. The number of hydrogen-bond donors (Lipinski definition) is 3. The molecule has 0 fully saturated rings. The lowest BCUT2D eigenvalue weighted by atomic mass is 10.0. The fraction of sp³-hybridized carbons (Fsp3) is 0.273. The number of aromatic hydroxyl groups is 1. The van der Waals surface area contributed by atoms with Gasteiger partial charge in [0.25, 0.3) is 0 Å². The van der Waals surface area contributed by atoms with Gasteiger partial charge >= 0.3 is 0 Å². The van der Waals surface area contributed by atoms with Crippen LogP contribution in [0.2, 0.25) is 0 Å². The average Bonchev–Trinajstić information content (AvgIpc) is 3.26. The number of sulfonamides is 1. The van der Waals surface area contributed by atoms with Gasteiger partial charge in [-0.3, -0.25) is 0 Å². The Labute approximate surface area is 191 Å². The van der Waals surface area contributed by atoms with E-state index >= 15 is 0 Å². The summed E-state index contributed by atoms with van der Waals surface area (Å²) in [7, 11) is -1.03. The third-order valence-electron chi connectivity index (χ3n) is 5.23. The lowest BCUT2D eigenvalue weighted by Gasteiger charge is -2.20. The van der Waals surface area contributed by atoms with E-state index < -0.39 is 15.8 Å². The fourth-order valence-electron chi connectivity index (χ4n) is 3.41. The zero-order valence-electron chi connectivity index (χ0n) is 18.5. The molecule has 3 aromatic rings. The van der Waals surface area contributed by atoms with Gasteiger partial charge in [-0.25, -0.2) is 32.7 Å².